The zero-order valence-corrected chi connectivity index (χ0v) is 11.5. The monoisotopic (exact) mass is 285 g/mol. The third-order valence-electron chi connectivity index (χ3n) is 2.43. The number of nitrogens with one attached hydrogen (secondary N) is 1. The number of hydrazone groups is 1. The van der Waals surface area contributed by atoms with Crippen molar-refractivity contribution < 1.29 is 4.79 Å². The van der Waals surface area contributed by atoms with Crippen molar-refractivity contribution >= 4 is 23.6 Å². The maximum Gasteiger partial charge on any atom is 0.263 e. The summed E-state index contributed by atoms with van der Waals surface area (Å²) in [6, 6.07) is 9.80. The number of nitrogen functional groups attached to an aromatic ring is 1. The van der Waals surface area contributed by atoms with Gasteiger partial charge < -0.3 is 5.73 Å². The smallest absolute Gasteiger partial charge is 0.263 e. The number of anilines is 1. The van der Waals surface area contributed by atoms with E-state index in [9.17, 15) is 4.79 Å². The molecular weight excluding hydrogens is 270 g/mol. The molecule has 0 saturated carbocycles. The summed E-state index contributed by atoms with van der Waals surface area (Å²) >= 11 is 0. The Labute approximate surface area is 121 Å². The van der Waals surface area contributed by atoms with E-state index in [4.69, 9.17) is 5.73 Å². The van der Waals surface area contributed by atoms with Crippen molar-refractivity contribution in [3.8, 4) is 0 Å². The lowest BCUT2D eigenvalue weighted by molar-refractivity contribution is -0.122. The van der Waals surface area contributed by atoms with E-state index < -0.39 is 0 Å². The maximum atomic E-state index is 11.6. The zero-order chi connectivity index (χ0) is 15.1. The van der Waals surface area contributed by atoms with Crippen molar-refractivity contribution in [1.29, 1.82) is 0 Å². The second kappa shape index (κ2) is 6.94. The van der Waals surface area contributed by atoms with Crippen molar-refractivity contribution in [2.45, 2.75) is 13.5 Å². The minimum absolute atomic E-state index is 0.0216. The van der Waals surface area contributed by atoms with Crippen molar-refractivity contribution in [2.75, 3.05) is 5.73 Å². The third-order valence-corrected chi connectivity index (χ3v) is 2.43. The van der Waals surface area contributed by atoms with Gasteiger partial charge in [0.25, 0.3) is 11.9 Å². The molecule has 8 nitrogen and oxygen atoms in total. The van der Waals surface area contributed by atoms with E-state index in [1.165, 1.54) is 0 Å². The number of benzene rings is 1. The molecule has 3 N–H and O–H groups in total. The molecule has 1 aromatic heterocycles. The second-order valence-electron chi connectivity index (χ2n) is 4.21. The molecule has 0 saturated heterocycles. The van der Waals surface area contributed by atoms with Crippen LogP contribution in [0.25, 0.3) is 6.08 Å². The second-order valence-corrected chi connectivity index (χ2v) is 4.21. The quantitative estimate of drug-likeness (QED) is 0.612. The van der Waals surface area contributed by atoms with Crippen LogP contribution in [-0.2, 0) is 11.3 Å². The van der Waals surface area contributed by atoms with E-state index in [2.05, 4.69) is 25.9 Å². The van der Waals surface area contributed by atoms with E-state index in [0.717, 1.165) is 10.4 Å². The molecular formula is C13H15N7O. The molecule has 2 aromatic rings. The predicted molar refractivity (Wildman–Crippen MR) is 79.0 cm³/mol. The molecule has 0 radical (unpaired) electrons. The van der Waals surface area contributed by atoms with Gasteiger partial charge in [0, 0.05) is 0 Å². The molecule has 1 heterocycles. The topological polar surface area (TPSA) is 111 Å². The first-order valence-electron chi connectivity index (χ1n) is 6.23. The minimum Gasteiger partial charge on any atom is -0.365 e. The van der Waals surface area contributed by atoms with Crippen LogP contribution in [-0.4, -0.2) is 31.8 Å². The lowest BCUT2D eigenvalue weighted by Crippen LogP contribution is -2.25. The number of amides is 1. The third kappa shape index (κ3) is 4.86. The Kier molecular flexibility index (Phi) is 4.75. The fourth-order valence-electron chi connectivity index (χ4n) is 1.46. The number of nitrogens with two attached hydrogens (primary N) is 1. The summed E-state index contributed by atoms with van der Waals surface area (Å²) in [6.07, 6.45) is 3.71. The highest BCUT2D eigenvalue weighted by atomic mass is 16.2. The maximum absolute atomic E-state index is 11.6. The molecule has 8 heteroatoms. The van der Waals surface area contributed by atoms with Gasteiger partial charge in [-0.05, 0) is 23.8 Å². The number of hydrogen-bond donors (Lipinski definition) is 2. The molecule has 0 fully saturated rings. The van der Waals surface area contributed by atoms with Gasteiger partial charge in [0.2, 0.25) is 0 Å². The number of rotatable bonds is 5. The molecule has 0 unspecified atom stereocenters. The lowest BCUT2D eigenvalue weighted by Gasteiger charge is -1.99. The summed E-state index contributed by atoms with van der Waals surface area (Å²) in [5.41, 5.74) is 9.42. The minimum atomic E-state index is -0.361. The van der Waals surface area contributed by atoms with Gasteiger partial charge in [0.05, 0.1) is 5.71 Å². The summed E-state index contributed by atoms with van der Waals surface area (Å²) in [5, 5.41) is 14.7. The highest BCUT2D eigenvalue weighted by Crippen LogP contribution is 2.00. The van der Waals surface area contributed by atoms with Gasteiger partial charge in [0.1, 0.15) is 6.54 Å². The van der Waals surface area contributed by atoms with Crippen LogP contribution in [0.1, 0.15) is 12.5 Å². The first-order chi connectivity index (χ1) is 10.1. The van der Waals surface area contributed by atoms with Gasteiger partial charge in [-0.15, -0.1) is 5.10 Å². The SMILES string of the molecule is CC(C=Cc1ccccc1)=NNC(=O)Cn1nnc(N)n1. The number of allylic oxidation sites excluding steroid dienone is 1. The summed E-state index contributed by atoms with van der Waals surface area (Å²) in [4.78, 5) is 12.7. The number of aromatic nitrogens is 4. The van der Waals surface area contributed by atoms with Gasteiger partial charge in [-0.2, -0.15) is 9.90 Å². The van der Waals surface area contributed by atoms with Gasteiger partial charge in [-0.1, -0.05) is 41.5 Å². The van der Waals surface area contributed by atoms with E-state index in [-0.39, 0.29) is 18.4 Å². The van der Waals surface area contributed by atoms with Gasteiger partial charge in [-0.3, -0.25) is 4.79 Å². The summed E-state index contributed by atoms with van der Waals surface area (Å²) in [6.45, 7) is 1.69. The van der Waals surface area contributed by atoms with Crippen molar-refractivity contribution in [3.63, 3.8) is 0 Å². The number of carbonyl (C=O) groups is 1. The van der Waals surface area contributed by atoms with Gasteiger partial charge in [0.15, 0.2) is 0 Å². The highest BCUT2D eigenvalue weighted by molar-refractivity contribution is 5.96. The van der Waals surface area contributed by atoms with Crippen molar-refractivity contribution in [3.05, 3.63) is 42.0 Å². The summed E-state index contributed by atoms with van der Waals surface area (Å²) < 4.78 is 0. The Balaban J connectivity index is 1.85. The number of carbonyl (C=O) groups excluding carboxylic acids is 1. The van der Waals surface area contributed by atoms with Crippen LogP contribution >= 0.6 is 0 Å². The Morgan fingerprint density at radius 2 is 2.19 bits per heavy atom. The van der Waals surface area contributed by atoms with Gasteiger partial charge >= 0.3 is 0 Å². The molecule has 0 aliphatic heterocycles. The first kappa shape index (κ1) is 14.4. The van der Waals surface area contributed by atoms with Crippen LogP contribution in [0.4, 0.5) is 5.95 Å². The number of hydrogen-bond acceptors (Lipinski definition) is 6. The standard InChI is InChI=1S/C13H15N7O/c1-10(7-8-11-5-3-2-4-6-11)15-16-12(21)9-20-18-13(14)17-19-20/h2-8H,9H2,1H3,(H2,14,18)(H,16,21). The Morgan fingerprint density at radius 1 is 1.43 bits per heavy atom. The summed E-state index contributed by atoms with van der Waals surface area (Å²) in [5.74, 6) is -0.340. The molecule has 1 amide bonds. The Morgan fingerprint density at radius 3 is 2.86 bits per heavy atom. The average Bonchev–Trinajstić information content (AvgIpc) is 2.89. The molecule has 108 valence electrons. The normalized spacial score (nSPS) is 11.8. The fraction of sp³-hybridized carbons (Fsp3) is 0.154. The highest BCUT2D eigenvalue weighted by Gasteiger charge is 2.04. The largest absolute Gasteiger partial charge is 0.365 e. The molecule has 0 bridgehead atoms. The van der Waals surface area contributed by atoms with Crippen LogP contribution in [0, 0.1) is 0 Å². The average molecular weight is 285 g/mol. The van der Waals surface area contributed by atoms with Crippen LogP contribution < -0.4 is 11.2 Å². The molecule has 0 aliphatic carbocycles. The van der Waals surface area contributed by atoms with Crippen LogP contribution in [0.15, 0.2) is 41.5 Å². The summed E-state index contributed by atoms with van der Waals surface area (Å²) in [7, 11) is 0. The first-order valence-corrected chi connectivity index (χ1v) is 6.23. The molecule has 2 rings (SSSR count). The molecule has 0 spiro atoms. The number of nitrogens with zero attached hydrogens (tertiary/aromatic N) is 5. The van der Waals surface area contributed by atoms with E-state index >= 15 is 0 Å². The molecule has 0 atom stereocenters. The van der Waals surface area contributed by atoms with Crippen LogP contribution in [0.3, 0.4) is 0 Å². The molecule has 1 aromatic carbocycles. The van der Waals surface area contributed by atoms with Crippen molar-refractivity contribution in [1.82, 2.24) is 25.6 Å². The van der Waals surface area contributed by atoms with E-state index in [0.29, 0.717) is 5.71 Å². The Hall–Kier alpha value is -3.03. The molecule has 0 aliphatic rings. The van der Waals surface area contributed by atoms with E-state index in [1.54, 1.807) is 13.0 Å². The fourth-order valence-corrected chi connectivity index (χ4v) is 1.46. The van der Waals surface area contributed by atoms with Crippen molar-refractivity contribution in [2.24, 2.45) is 5.10 Å². The molecule has 21 heavy (non-hydrogen) atoms. The number of tetrazole rings is 1. The van der Waals surface area contributed by atoms with E-state index in [1.807, 2.05) is 36.4 Å². The van der Waals surface area contributed by atoms with Crippen LogP contribution in [0.2, 0.25) is 0 Å². The predicted octanol–water partition coefficient (Wildman–Crippen LogP) is 0.461. The van der Waals surface area contributed by atoms with Crippen LogP contribution in [0.5, 0.6) is 0 Å². The van der Waals surface area contributed by atoms with Gasteiger partial charge in [-0.25, -0.2) is 5.43 Å². The zero-order valence-electron chi connectivity index (χ0n) is 11.5. The Bertz CT molecular complexity index is 660. The lowest BCUT2D eigenvalue weighted by atomic mass is 10.2.